The van der Waals surface area contributed by atoms with Crippen molar-refractivity contribution in [2.75, 3.05) is 0 Å². The Balaban J connectivity index is 3.88. The van der Waals surface area contributed by atoms with Gasteiger partial charge in [0.15, 0.2) is 0 Å². The fourth-order valence-corrected chi connectivity index (χ4v) is 0.714. The van der Waals surface area contributed by atoms with Crippen LogP contribution in [0.25, 0.3) is 0 Å². The maximum atomic E-state index is 3.14. The smallest absolute Gasteiger partial charge is 0.0299 e. The first kappa shape index (κ1) is 11.0. The first-order chi connectivity index (χ1) is 5.66. The summed E-state index contributed by atoms with van der Waals surface area (Å²) in [4.78, 5) is 0. The summed E-state index contributed by atoms with van der Waals surface area (Å²) in [5.41, 5.74) is 1.32. The van der Waals surface area contributed by atoms with Gasteiger partial charge in [0.05, 0.1) is 0 Å². The van der Waals surface area contributed by atoms with Gasteiger partial charge in [-0.2, -0.15) is 0 Å². The third-order valence-electron chi connectivity index (χ3n) is 1.33. The highest BCUT2D eigenvalue weighted by Gasteiger charge is 1.83. The minimum Gasteiger partial charge on any atom is -0.100 e. The maximum Gasteiger partial charge on any atom is 0.0299 e. The monoisotopic (exact) mass is 162 g/mol. The van der Waals surface area contributed by atoms with Crippen LogP contribution in [0.1, 0.15) is 34.1 Å². The lowest BCUT2D eigenvalue weighted by Gasteiger charge is -1.90. The van der Waals surface area contributed by atoms with Crippen LogP contribution in [0.4, 0.5) is 0 Å². The van der Waals surface area contributed by atoms with Gasteiger partial charge in [-0.1, -0.05) is 43.6 Å². The minimum absolute atomic E-state index is 0.486. The van der Waals surface area contributed by atoms with Crippen LogP contribution in [0.3, 0.4) is 0 Å². The van der Waals surface area contributed by atoms with E-state index in [0.29, 0.717) is 5.92 Å². The summed E-state index contributed by atoms with van der Waals surface area (Å²) in [6, 6.07) is 0. The molecule has 0 heterocycles. The van der Waals surface area contributed by atoms with E-state index in [4.69, 9.17) is 0 Å². The largest absolute Gasteiger partial charge is 0.100 e. The summed E-state index contributed by atoms with van der Waals surface area (Å²) < 4.78 is 0. The summed E-state index contributed by atoms with van der Waals surface area (Å²) in [7, 11) is 0. The fraction of sp³-hybridized carbons (Fsp3) is 0.500. The summed E-state index contributed by atoms with van der Waals surface area (Å²) in [6.07, 6.45) is 7.07. The van der Waals surface area contributed by atoms with E-state index in [1.54, 1.807) is 0 Å². The van der Waals surface area contributed by atoms with Crippen molar-refractivity contribution in [1.29, 1.82) is 0 Å². The van der Waals surface area contributed by atoms with E-state index in [1.165, 1.54) is 5.57 Å². The van der Waals surface area contributed by atoms with Gasteiger partial charge in [-0.05, 0) is 13.8 Å². The molecule has 0 nitrogen and oxygen atoms in total. The van der Waals surface area contributed by atoms with Gasteiger partial charge >= 0.3 is 0 Å². The van der Waals surface area contributed by atoms with E-state index in [1.807, 2.05) is 19.1 Å². The van der Waals surface area contributed by atoms with Gasteiger partial charge in [-0.15, -0.1) is 5.92 Å². The molecule has 0 radical (unpaired) electrons. The average molecular weight is 162 g/mol. The van der Waals surface area contributed by atoms with Gasteiger partial charge in [-0.25, -0.2) is 0 Å². The average Bonchev–Trinajstić information content (AvgIpc) is 2.00. The molecule has 0 aliphatic rings. The van der Waals surface area contributed by atoms with Gasteiger partial charge in [0.25, 0.3) is 0 Å². The van der Waals surface area contributed by atoms with Crippen LogP contribution in [0.5, 0.6) is 0 Å². The zero-order chi connectivity index (χ0) is 9.40. The predicted molar refractivity (Wildman–Crippen MR) is 55.8 cm³/mol. The summed E-state index contributed by atoms with van der Waals surface area (Å²) in [6.45, 7) is 8.34. The molecule has 0 aromatic rings. The topological polar surface area (TPSA) is 0 Å². The van der Waals surface area contributed by atoms with Crippen LogP contribution >= 0.6 is 0 Å². The van der Waals surface area contributed by atoms with E-state index in [2.05, 4.69) is 38.7 Å². The molecule has 0 saturated carbocycles. The number of rotatable bonds is 2. The molecular weight excluding hydrogens is 144 g/mol. The molecule has 66 valence electrons. The van der Waals surface area contributed by atoms with E-state index < -0.39 is 0 Å². The van der Waals surface area contributed by atoms with Crippen molar-refractivity contribution in [3.63, 3.8) is 0 Å². The molecule has 0 N–H and O–H groups in total. The lowest BCUT2D eigenvalue weighted by Crippen LogP contribution is -1.78. The van der Waals surface area contributed by atoms with Gasteiger partial charge in [0.1, 0.15) is 0 Å². The van der Waals surface area contributed by atoms with Crippen molar-refractivity contribution >= 4 is 0 Å². The highest BCUT2D eigenvalue weighted by Crippen LogP contribution is 1.98. The molecule has 0 heteroatoms. The molecule has 0 aromatic carbocycles. The second-order valence-corrected chi connectivity index (χ2v) is 3.19. The Hall–Kier alpha value is -0.960. The summed E-state index contributed by atoms with van der Waals surface area (Å²) in [5, 5.41) is 0. The zero-order valence-electron chi connectivity index (χ0n) is 8.52. The summed E-state index contributed by atoms with van der Waals surface area (Å²) in [5.74, 6) is 6.76. The van der Waals surface area contributed by atoms with E-state index >= 15 is 0 Å². The first-order valence-corrected chi connectivity index (χ1v) is 4.43. The van der Waals surface area contributed by atoms with Crippen molar-refractivity contribution < 1.29 is 0 Å². The van der Waals surface area contributed by atoms with Crippen LogP contribution in [0.2, 0.25) is 0 Å². The lowest BCUT2D eigenvalue weighted by molar-refractivity contribution is 0.865. The van der Waals surface area contributed by atoms with Crippen molar-refractivity contribution in [3.05, 3.63) is 23.8 Å². The third-order valence-corrected chi connectivity index (χ3v) is 1.33. The number of allylic oxidation sites excluding steroid dienone is 4. The summed E-state index contributed by atoms with van der Waals surface area (Å²) >= 11 is 0. The SMILES string of the molecule is CC=CC=C(C)CC#CC(C)C. The molecule has 0 rings (SSSR count). The Labute approximate surface area is 76.4 Å². The molecule has 0 aromatic heterocycles. The van der Waals surface area contributed by atoms with Crippen LogP contribution < -0.4 is 0 Å². The third kappa shape index (κ3) is 7.15. The van der Waals surface area contributed by atoms with Crippen molar-refractivity contribution in [2.24, 2.45) is 5.92 Å². The molecular formula is C12H18. The zero-order valence-corrected chi connectivity index (χ0v) is 8.52. The molecule has 0 atom stereocenters. The molecule has 0 saturated heterocycles. The Morgan fingerprint density at radius 3 is 2.58 bits per heavy atom. The molecule has 0 fully saturated rings. The first-order valence-electron chi connectivity index (χ1n) is 4.43. The van der Waals surface area contributed by atoms with E-state index in [9.17, 15) is 0 Å². The van der Waals surface area contributed by atoms with Gasteiger partial charge in [-0.3, -0.25) is 0 Å². The molecule has 0 aliphatic heterocycles. The van der Waals surface area contributed by atoms with Crippen LogP contribution in [-0.4, -0.2) is 0 Å². The van der Waals surface area contributed by atoms with Gasteiger partial charge in [0, 0.05) is 12.3 Å². The minimum atomic E-state index is 0.486. The molecule has 0 bridgehead atoms. The number of hydrogen-bond donors (Lipinski definition) is 0. The Bertz CT molecular complexity index is 218. The quantitative estimate of drug-likeness (QED) is 0.430. The normalized spacial score (nSPS) is 11.9. The van der Waals surface area contributed by atoms with Gasteiger partial charge in [0.2, 0.25) is 0 Å². The van der Waals surface area contributed by atoms with Gasteiger partial charge < -0.3 is 0 Å². The van der Waals surface area contributed by atoms with E-state index in [0.717, 1.165) is 6.42 Å². The van der Waals surface area contributed by atoms with Crippen LogP contribution in [0, 0.1) is 17.8 Å². The Morgan fingerprint density at radius 2 is 2.08 bits per heavy atom. The predicted octanol–water partition coefficient (Wildman–Crippen LogP) is 3.56. The molecule has 12 heavy (non-hydrogen) atoms. The van der Waals surface area contributed by atoms with E-state index in [-0.39, 0.29) is 0 Å². The highest BCUT2D eigenvalue weighted by molar-refractivity contribution is 5.17. The standard InChI is InChI=1S/C12H18/c1-5-6-9-12(4)10-7-8-11(2)3/h5-6,9,11H,10H2,1-4H3. The van der Waals surface area contributed by atoms with Crippen molar-refractivity contribution in [1.82, 2.24) is 0 Å². The molecule has 0 aliphatic carbocycles. The molecule has 0 unspecified atom stereocenters. The second-order valence-electron chi connectivity index (χ2n) is 3.19. The molecule has 0 spiro atoms. The van der Waals surface area contributed by atoms with Crippen molar-refractivity contribution in [2.45, 2.75) is 34.1 Å². The maximum absolute atomic E-state index is 3.14. The highest BCUT2D eigenvalue weighted by atomic mass is 13.9. The van der Waals surface area contributed by atoms with Crippen LogP contribution in [0.15, 0.2) is 23.8 Å². The Morgan fingerprint density at radius 1 is 1.42 bits per heavy atom. The van der Waals surface area contributed by atoms with Crippen molar-refractivity contribution in [3.8, 4) is 11.8 Å². The van der Waals surface area contributed by atoms with Crippen LogP contribution in [-0.2, 0) is 0 Å². The lowest BCUT2D eigenvalue weighted by atomic mass is 10.1. The number of hydrogen-bond acceptors (Lipinski definition) is 0. The molecule has 0 amide bonds. The second kappa shape index (κ2) is 6.73. The fourth-order valence-electron chi connectivity index (χ4n) is 0.714. The Kier molecular flexibility index (Phi) is 6.19.